The number of amides is 1. The lowest BCUT2D eigenvalue weighted by molar-refractivity contribution is -0.118. The minimum absolute atomic E-state index is 0.107. The fraction of sp³-hybridized carbons (Fsp3) is 0.727. The van der Waals surface area contributed by atoms with Crippen LogP contribution in [0.5, 0.6) is 0 Å². The zero-order valence-corrected chi connectivity index (χ0v) is 9.79. The van der Waals surface area contributed by atoms with Gasteiger partial charge in [-0.15, -0.1) is 0 Å². The first kappa shape index (κ1) is 10.2. The summed E-state index contributed by atoms with van der Waals surface area (Å²) >= 11 is 3.15. The summed E-state index contributed by atoms with van der Waals surface area (Å²) in [7, 11) is 0. The summed E-state index contributed by atoms with van der Waals surface area (Å²) in [6.07, 6.45) is 8.64. The predicted molar refractivity (Wildman–Crippen MR) is 60.3 cm³/mol. The number of hydrogen-bond donors (Lipinski definition) is 1. The zero-order chi connectivity index (χ0) is 9.97. The monoisotopic (exact) mass is 257 g/mol. The molecule has 14 heavy (non-hydrogen) atoms. The summed E-state index contributed by atoms with van der Waals surface area (Å²) in [6.45, 7) is 0.857. The Hall–Kier alpha value is -0.310. The van der Waals surface area contributed by atoms with Crippen LogP contribution >= 0.6 is 15.9 Å². The Kier molecular flexibility index (Phi) is 3.26. The van der Waals surface area contributed by atoms with E-state index >= 15 is 0 Å². The Labute approximate surface area is 93.3 Å². The van der Waals surface area contributed by atoms with Crippen LogP contribution in [0.15, 0.2) is 12.2 Å². The summed E-state index contributed by atoms with van der Waals surface area (Å²) < 4.78 is 0. The van der Waals surface area contributed by atoms with Crippen molar-refractivity contribution in [1.29, 1.82) is 0 Å². The Bertz CT molecular complexity index is 252. The third-order valence-corrected chi connectivity index (χ3v) is 3.90. The van der Waals surface area contributed by atoms with Crippen LogP contribution in [0.3, 0.4) is 0 Å². The number of alkyl halides is 1. The molecule has 3 aliphatic rings. The molecule has 0 radical (unpaired) electrons. The van der Waals surface area contributed by atoms with Gasteiger partial charge in [0.05, 0.1) is 5.33 Å². The van der Waals surface area contributed by atoms with Crippen LogP contribution in [-0.2, 0) is 4.79 Å². The van der Waals surface area contributed by atoms with Gasteiger partial charge in [-0.1, -0.05) is 28.1 Å². The Balaban J connectivity index is 1.82. The van der Waals surface area contributed by atoms with E-state index in [1.54, 1.807) is 0 Å². The molecule has 3 rings (SSSR count). The van der Waals surface area contributed by atoms with Gasteiger partial charge in [0, 0.05) is 6.54 Å². The second kappa shape index (κ2) is 4.47. The molecular weight excluding hydrogens is 242 g/mol. The second-order valence-electron chi connectivity index (χ2n) is 4.32. The summed E-state index contributed by atoms with van der Waals surface area (Å²) in [5, 5.41) is 3.39. The molecule has 0 aromatic carbocycles. The van der Waals surface area contributed by atoms with Gasteiger partial charge < -0.3 is 5.32 Å². The van der Waals surface area contributed by atoms with Crippen LogP contribution in [0, 0.1) is 17.8 Å². The minimum atomic E-state index is 0.107. The first-order chi connectivity index (χ1) is 6.79. The predicted octanol–water partition coefficient (Wildman–Crippen LogP) is 2.10. The normalized spacial score (nSPS) is 34.5. The molecule has 0 heterocycles. The number of allylic oxidation sites excluding steroid dienone is 2. The highest BCUT2D eigenvalue weighted by Gasteiger charge is 2.31. The molecule has 2 nitrogen and oxygen atoms in total. The molecule has 0 aromatic heterocycles. The molecule has 3 aliphatic carbocycles. The van der Waals surface area contributed by atoms with E-state index in [1.165, 1.54) is 19.3 Å². The topological polar surface area (TPSA) is 29.1 Å². The van der Waals surface area contributed by atoms with Gasteiger partial charge in [-0.25, -0.2) is 0 Å². The Morgan fingerprint density at radius 1 is 1.43 bits per heavy atom. The number of rotatable bonds is 3. The van der Waals surface area contributed by atoms with E-state index in [4.69, 9.17) is 0 Å². The smallest absolute Gasteiger partial charge is 0.230 e. The van der Waals surface area contributed by atoms with E-state index in [1.807, 2.05) is 0 Å². The van der Waals surface area contributed by atoms with Crippen molar-refractivity contribution in [2.45, 2.75) is 19.3 Å². The van der Waals surface area contributed by atoms with Gasteiger partial charge in [0.1, 0.15) is 0 Å². The van der Waals surface area contributed by atoms with Crippen LogP contribution in [-0.4, -0.2) is 17.8 Å². The quantitative estimate of drug-likeness (QED) is 0.609. The molecule has 3 atom stereocenters. The molecule has 78 valence electrons. The number of halogens is 1. The van der Waals surface area contributed by atoms with E-state index in [0.717, 1.165) is 18.4 Å². The summed E-state index contributed by atoms with van der Waals surface area (Å²) in [5.41, 5.74) is 0. The lowest BCUT2D eigenvalue weighted by Gasteiger charge is -2.38. The molecule has 1 saturated carbocycles. The lowest BCUT2D eigenvalue weighted by atomic mass is 9.69. The molecule has 2 bridgehead atoms. The SMILES string of the molecule is O=C(CBr)NCC1CC2C=CC1CC2. The number of hydrogen-bond acceptors (Lipinski definition) is 1. The minimum Gasteiger partial charge on any atom is -0.355 e. The van der Waals surface area contributed by atoms with Gasteiger partial charge in [-0.05, 0) is 37.0 Å². The van der Waals surface area contributed by atoms with E-state index < -0.39 is 0 Å². The average molecular weight is 258 g/mol. The number of fused-ring (bicyclic) bond motifs is 2. The number of nitrogens with one attached hydrogen (secondary N) is 1. The van der Waals surface area contributed by atoms with Crippen molar-refractivity contribution in [1.82, 2.24) is 5.32 Å². The fourth-order valence-corrected chi connectivity index (χ4v) is 2.78. The van der Waals surface area contributed by atoms with Crippen molar-refractivity contribution in [3.63, 3.8) is 0 Å². The van der Waals surface area contributed by atoms with Crippen molar-refractivity contribution < 1.29 is 4.79 Å². The van der Waals surface area contributed by atoms with E-state index in [2.05, 4.69) is 33.4 Å². The van der Waals surface area contributed by atoms with Crippen molar-refractivity contribution in [3.8, 4) is 0 Å². The zero-order valence-electron chi connectivity index (χ0n) is 8.21. The van der Waals surface area contributed by atoms with Crippen molar-refractivity contribution in [3.05, 3.63) is 12.2 Å². The Morgan fingerprint density at radius 2 is 2.29 bits per heavy atom. The third-order valence-electron chi connectivity index (χ3n) is 3.40. The second-order valence-corrected chi connectivity index (χ2v) is 4.88. The fourth-order valence-electron chi connectivity index (χ4n) is 2.58. The van der Waals surface area contributed by atoms with Crippen LogP contribution < -0.4 is 5.32 Å². The van der Waals surface area contributed by atoms with Gasteiger partial charge in [0.2, 0.25) is 5.91 Å². The average Bonchev–Trinajstić information content (AvgIpc) is 2.27. The van der Waals surface area contributed by atoms with E-state index in [-0.39, 0.29) is 5.91 Å². The van der Waals surface area contributed by atoms with Gasteiger partial charge in [-0.3, -0.25) is 4.79 Å². The molecule has 0 spiro atoms. The maximum absolute atomic E-state index is 11.1. The van der Waals surface area contributed by atoms with Crippen molar-refractivity contribution in [2.24, 2.45) is 17.8 Å². The molecule has 3 unspecified atom stereocenters. The van der Waals surface area contributed by atoms with Crippen LogP contribution in [0.4, 0.5) is 0 Å². The highest BCUT2D eigenvalue weighted by atomic mass is 79.9. The third kappa shape index (κ3) is 2.19. The maximum atomic E-state index is 11.1. The highest BCUT2D eigenvalue weighted by molar-refractivity contribution is 9.09. The van der Waals surface area contributed by atoms with E-state index in [0.29, 0.717) is 11.2 Å². The molecular formula is C11H16BrNO. The number of carbonyl (C=O) groups is 1. The van der Waals surface area contributed by atoms with E-state index in [9.17, 15) is 4.79 Å². The highest BCUT2D eigenvalue weighted by Crippen LogP contribution is 2.39. The molecule has 1 fully saturated rings. The van der Waals surface area contributed by atoms with Crippen LogP contribution in [0.25, 0.3) is 0 Å². The van der Waals surface area contributed by atoms with Gasteiger partial charge >= 0.3 is 0 Å². The van der Waals surface area contributed by atoms with Crippen molar-refractivity contribution in [2.75, 3.05) is 11.9 Å². The lowest BCUT2D eigenvalue weighted by Crippen LogP contribution is -2.37. The summed E-state index contributed by atoms with van der Waals surface area (Å²) in [4.78, 5) is 11.1. The first-order valence-electron chi connectivity index (χ1n) is 5.30. The first-order valence-corrected chi connectivity index (χ1v) is 6.42. The largest absolute Gasteiger partial charge is 0.355 e. The van der Waals surface area contributed by atoms with Gasteiger partial charge in [-0.2, -0.15) is 0 Å². The summed E-state index contributed by atoms with van der Waals surface area (Å²) in [6, 6.07) is 0. The molecule has 0 saturated heterocycles. The summed E-state index contributed by atoms with van der Waals surface area (Å²) in [5.74, 6) is 2.29. The standard InChI is InChI=1S/C11H16BrNO/c12-6-11(14)13-7-10-5-8-1-3-9(10)4-2-8/h1,3,8-10H,2,4-7H2,(H,13,14). The van der Waals surface area contributed by atoms with Crippen LogP contribution in [0.1, 0.15) is 19.3 Å². The molecule has 1 amide bonds. The van der Waals surface area contributed by atoms with Gasteiger partial charge in [0.25, 0.3) is 0 Å². The maximum Gasteiger partial charge on any atom is 0.230 e. The van der Waals surface area contributed by atoms with Crippen molar-refractivity contribution >= 4 is 21.8 Å². The number of carbonyl (C=O) groups excluding carboxylic acids is 1. The van der Waals surface area contributed by atoms with Crippen LogP contribution in [0.2, 0.25) is 0 Å². The molecule has 1 N–H and O–H groups in total. The molecule has 0 aliphatic heterocycles. The Morgan fingerprint density at radius 3 is 2.79 bits per heavy atom. The molecule has 0 aromatic rings. The van der Waals surface area contributed by atoms with Gasteiger partial charge in [0.15, 0.2) is 0 Å². The molecule has 3 heteroatoms.